The number of nitrogens with zero attached hydrogens (tertiary/aromatic N) is 9. The number of imidazole rings is 1. The third-order valence-electron chi connectivity index (χ3n) is 8.78. The van der Waals surface area contributed by atoms with E-state index in [1.165, 1.54) is 12.6 Å². The second-order valence-electron chi connectivity index (χ2n) is 12.0. The van der Waals surface area contributed by atoms with Crippen LogP contribution in [0.25, 0.3) is 50.2 Å². The fourth-order valence-electron chi connectivity index (χ4n) is 6.32. The fourth-order valence-corrected chi connectivity index (χ4v) is 6.32. The Kier molecular flexibility index (Phi) is 7.01. The molecule has 13 nitrogen and oxygen atoms in total. The maximum Gasteiger partial charge on any atom is 0.253 e. The molecule has 3 aromatic carbocycles. The molecule has 0 fully saturated rings. The molecule has 0 aliphatic rings. The number of carbonyl (C=O) groups is 1. The van der Waals surface area contributed by atoms with Gasteiger partial charge in [-0.2, -0.15) is 9.78 Å². The number of aryl methyl sites for hydroxylation is 1. The van der Waals surface area contributed by atoms with Gasteiger partial charge in [0.15, 0.2) is 12.0 Å². The molecule has 6 aromatic heterocycles. The predicted molar refractivity (Wildman–Crippen MR) is 187 cm³/mol. The van der Waals surface area contributed by atoms with Gasteiger partial charge in [0.25, 0.3) is 5.91 Å². The molecular weight excluding hydrogens is 630 g/mol. The molecular formula is C37H29N11O2. The molecule has 0 unspecified atom stereocenters. The molecule has 0 atom stereocenters. The van der Waals surface area contributed by atoms with Crippen molar-refractivity contribution < 1.29 is 9.21 Å². The van der Waals surface area contributed by atoms with E-state index in [0.717, 1.165) is 50.0 Å². The van der Waals surface area contributed by atoms with Gasteiger partial charge in [-0.1, -0.05) is 65.9 Å². The number of benzene rings is 3. The molecule has 0 radical (unpaired) electrons. The van der Waals surface area contributed by atoms with Gasteiger partial charge in [-0.05, 0) is 42.8 Å². The van der Waals surface area contributed by atoms with E-state index >= 15 is 0 Å². The standard InChI is InChI=1S/C37H29N11O2/c1-23-28-15-26(17-38-35(28)48(44-23)37-41-29-12-6-7-13-30(29)42-37)36(49)39-18-34-31(40-22-50-34)21-46-19-27(43-45-46)20-47-32-14-8-5-11-25(32)16-33(47)24-9-3-2-4-10-24/h2-17,19,22H,18,20-21H2,1H3,(H,39,49)(H,41,42). The Hall–Kier alpha value is -6.89. The van der Waals surface area contributed by atoms with Gasteiger partial charge in [0.2, 0.25) is 5.95 Å². The number of pyridine rings is 1. The van der Waals surface area contributed by atoms with Crippen LogP contribution in [0.1, 0.15) is 33.2 Å². The number of nitrogens with one attached hydrogen (secondary N) is 2. The summed E-state index contributed by atoms with van der Waals surface area (Å²) in [6.07, 6.45) is 4.82. The van der Waals surface area contributed by atoms with Crippen molar-refractivity contribution in [2.24, 2.45) is 0 Å². The molecule has 50 heavy (non-hydrogen) atoms. The third kappa shape index (κ3) is 5.26. The van der Waals surface area contributed by atoms with Crippen LogP contribution in [-0.2, 0) is 19.6 Å². The van der Waals surface area contributed by atoms with E-state index < -0.39 is 0 Å². The predicted octanol–water partition coefficient (Wildman–Crippen LogP) is 5.83. The van der Waals surface area contributed by atoms with Crippen LogP contribution in [-0.4, -0.2) is 55.2 Å². The van der Waals surface area contributed by atoms with Gasteiger partial charge >= 0.3 is 0 Å². The number of rotatable bonds is 9. The Balaban J connectivity index is 0.894. The molecule has 0 saturated carbocycles. The lowest BCUT2D eigenvalue weighted by Gasteiger charge is -2.09. The van der Waals surface area contributed by atoms with Crippen LogP contribution in [0.2, 0.25) is 0 Å². The van der Waals surface area contributed by atoms with Gasteiger partial charge in [0.05, 0.1) is 48.1 Å². The molecule has 0 bridgehead atoms. The van der Waals surface area contributed by atoms with Crippen molar-refractivity contribution >= 4 is 38.9 Å². The van der Waals surface area contributed by atoms with Gasteiger partial charge in [-0.3, -0.25) is 4.79 Å². The fraction of sp³-hybridized carbons (Fsp3) is 0.108. The molecule has 13 heteroatoms. The van der Waals surface area contributed by atoms with E-state index in [1.54, 1.807) is 15.4 Å². The average molecular weight is 660 g/mol. The minimum Gasteiger partial charge on any atom is -0.446 e. The van der Waals surface area contributed by atoms with Crippen LogP contribution in [0.4, 0.5) is 0 Å². The minimum absolute atomic E-state index is 0.140. The highest BCUT2D eigenvalue weighted by atomic mass is 16.3. The monoisotopic (exact) mass is 659 g/mol. The number of hydrogen-bond donors (Lipinski definition) is 2. The number of para-hydroxylation sites is 3. The summed E-state index contributed by atoms with van der Waals surface area (Å²) in [6, 6.07) is 30.4. The normalized spacial score (nSPS) is 11.6. The molecule has 0 spiro atoms. The van der Waals surface area contributed by atoms with Crippen LogP contribution in [0.3, 0.4) is 0 Å². The van der Waals surface area contributed by atoms with E-state index in [9.17, 15) is 4.79 Å². The van der Waals surface area contributed by atoms with Crippen LogP contribution in [0.5, 0.6) is 0 Å². The van der Waals surface area contributed by atoms with E-state index in [4.69, 9.17) is 4.42 Å². The number of aromatic nitrogens is 10. The smallest absolute Gasteiger partial charge is 0.253 e. The second kappa shape index (κ2) is 12.0. The molecule has 6 heterocycles. The lowest BCUT2D eigenvalue weighted by molar-refractivity contribution is 0.0947. The zero-order chi connectivity index (χ0) is 33.6. The van der Waals surface area contributed by atoms with Gasteiger partial charge in [0.1, 0.15) is 17.1 Å². The summed E-state index contributed by atoms with van der Waals surface area (Å²) in [4.78, 5) is 30.1. The largest absolute Gasteiger partial charge is 0.446 e. The SMILES string of the molecule is Cc1nn(-c2nc3ccccc3[nH]2)c2ncc(C(=O)NCc3ocnc3Cn3cc(Cn4c(-c5ccccc5)cc5ccccc54)nn3)cc12. The number of aromatic amines is 1. The molecule has 9 aromatic rings. The second-order valence-corrected chi connectivity index (χ2v) is 12.0. The van der Waals surface area contributed by atoms with Crippen molar-refractivity contribution in [3.63, 3.8) is 0 Å². The Morgan fingerprint density at radius 3 is 2.68 bits per heavy atom. The van der Waals surface area contributed by atoms with Gasteiger partial charge < -0.3 is 19.3 Å². The van der Waals surface area contributed by atoms with Gasteiger partial charge in [-0.25, -0.2) is 19.6 Å². The maximum absolute atomic E-state index is 13.2. The van der Waals surface area contributed by atoms with Gasteiger partial charge in [-0.15, -0.1) is 5.10 Å². The zero-order valence-electron chi connectivity index (χ0n) is 26.9. The van der Waals surface area contributed by atoms with Crippen LogP contribution < -0.4 is 5.32 Å². The molecule has 0 saturated heterocycles. The summed E-state index contributed by atoms with van der Waals surface area (Å²) in [6.45, 7) is 2.90. The maximum atomic E-state index is 13.2. The summed E-state index contributed by atoms with van der Waals surface area (Å²) in [5.41, 5.74) is 8.29. The van der Waals surface area contributed by atoms with Crippen molar-refractivity contribution in [2.75, 3.05) is 0 Å². The minimum atomic E-state index is -0.297. The van der Waals surface area contributed by atoms with E-state index in [0.29, 0.717) is 41.7 Å². The molecule has 244 valence electrons. The molecule has 9 rings (SSSR count). The van der Waals surface area contributed by atoms with E-state index in [-0.39, 0.29) is 12.5 Å². The molecule has 0 aliphatic carbocycles. The van der Waals surface area contributed by atoms with Crippen molar-refractivity contribution in [1.29, 1.82) is 0 Å². The Bertz CT molecular complexity index is 2630. The molecule has 0 aliphatic heterocycles. The molecule has 1 amide bonds. The van der Waals surface area contributed by atoms with E-state index in [2.05, 4.69) is 75.6 Å². The van der Waals surface area contributed by atoms with Crippen molar-refractivity contribution in [1.82, 2.24) is 54.6 Å². The number of hydrogen-bond acceptors (Lipinski definition) is 8. The van der Waals surface area contributed by atoms with Crippen molar-refractivity contribution in [3.8, 4) is 17.2 Å². The summed E-state index contributed by atoms with van der Waals surface area (Å²) in [5.74, 6) is 0.788. The van der Waals surface area contributed by atoms with Crippen molar-refractivity contribution in [3.05, 3.63) is 138 Å². The highest BCUT2D eigenvalue weighted by Crippen LogP contribution is 2.29. The topological polar surface area (TPSA) is 150 Å². The summed E-state index contributed by atoms with van der Waals surface area (Å²) in [5, 5.41) is 18.3. The Morgan fingerprint density at radius 2 is 1.78 bits per heavy atom. The summed E-state index contributed by atoms with van der Waals surface area (Å²) >= 11 is 0. The average Bonchev–Trinajstić information content (AvgIpc) is 3.99. The first-order valence-corrected chi connectivity index (χ1v) is 16.1. The zero-order valence-corrected chi connectivity index (χ0v) is 26.9. The number of fused-ring (bicyclic) bond motifs is 3. The van der Waals surface area contributed by atoms with Crippen LogP contribution >= 0.6 is 0 Å². The Labute approximate surface area is 284 Å². The summed E-state index contributed by atoms with van der Waals surface area (Å²) in [7, 11) is 0. The summed E-state index contributed by atoms with van der Waals surface area (Å²) < 4.78 is 11.3. The first kappa shape index (κ1) is 29.3. The van der Waals surface area contributed by atoms with Crippen LogP contribution in [0, 0.1) is 6.92 Å². The van der Waals surface area contributed by atoms with Crippen LogP contribution in [0.15, 0.2) is 114 Å². The lowest BCUT2D eigenvalue weighted by Crippen LogP contribution is -2.23. The van der Waals surface area contributed by atoms with E-state index in [1.807, 2.05) is 67.7 Å². The first-order valence-electron chi connectivity index (χ1n) is 16.1. The lowest BCUT2D eigenvalue weighted by atomic mass is 10.1. The number of H-pyrrole nitrogens is 1. The number of amides is 1. The highest BCUT2D eigenvalue weighted by Gasteiger charge is 2.18. The number of oxazole rings is 1. The van der Waals surface area contributed by atoms with Crippen molar-refractivity contribution in [2.45, 2.75) is 26.6 Å². The first-order chi connectivity index (χ1) is 24.6. The highest BCUT2D eigenvalue weighted by molar-refractivity contribution is 5.97. The van der Waals surface area contributed by atoms with Gasteiger partial charge in [0, 0.05) is 28.2 Å². The molecule has 2 N–H and O–H groups in total. The third-order valence-corrected chi connectivity index (χ3v) is 8.78. The number of carbonyl (C=O) groups excluding carboxylic acids is 1. The Morgan fingerprint density at radius 1 is 0.940 bits per heavy atom. The quantitative estimate of drug-likeness (QED) is 0.196.